The van der Waals surface area contributed by atoms with E-state index >= 15 is 0 Å². The predicted octanol–water partition coefficient (Wildman–Crippen LogP) is 0.525. The summed E-state index contributed by atoms with van der Waals surface area (Å²) < 4.78 is 11.2. The number of ether oxygens (including phenoxy) is 2. The number of carbonyl (C=O) groups is 1. The van der Waals surface area contributed by atoms with E-state index in [1.807, 2.05) is 50.2 Å². The Kier molecular flexibility index (Phi) is 5.98. The third-order valence-electron chi connectivity index (χ3n) is 3.69. The number of aryl methyl sites for hydroxylation is 1. The van der Waals surface area contributed by atoms with Crippen LogP contribution in [0, 0.1) is 6.92 Å². The van der Waals surface area contributed by atoms with E-state index < -0.39 is 5.60 Å². The van der Waals surface area contributed by atoms with Gasteiger partial charge < -0.3 is 24.4 Å². The lowest BCUT2D eigenvalue weighted by atomic mass is 10.1. The van der Waals surface area contributed by atoms with Gasteiger partial charge in [-0.15, -0.1) is 0 Å². The molecule has 0 bridgehead atoms. The van der Waals surface area contributed by atoms with Crippen molar-refractivity contribution in [2.75, 3.05) is 53.6 Å². The van der Waals surface area contributed by atoms with Crippen molar-refractivity contribution in [3.63, 3.8) is 0 Å². The first-order valence-electron chi connectivity index (χ1n) is 7.80. The van der Waals surface area contributed by atoms with Gasteiger partial charge in [-0.25, -0.2) is 0 Å². The summed E-state index contributed by atoms with van der Waals surface area (Å²) in [4.78, 5) is 15.7. The maximum atomic E-state index is 12.2. The summed E-state index contributed by atoms with van der Waals surface area (Å²) in [5.74, 6) is 0.675. The lowest BCUT2D eigenvalue weighted by molar-refractivity contribution is -0.135. The largest absolute Gasteiger partial charge is 0.490 e. The van der Waals surface area contributed by atoms with Crippen LogP contribution in [0.2, 0.25) is 0 Å². The standard InChI is InChI=1S/C17H26N2O4/c1-14-4-6-15(7-5-14)23-13-17(21)11-19(8-9-22-12-17)16(20)10-18(2)3/h4-7,21H,8-13H2,1-3H3. The Hall–Kier alpha value is -1.63. The molecule has 1 aromatic carbocycles. The van der Waals surface area contributed by atoms with Crippen LogP contribution in [0.3, 0.4) is 0 Å². The fraction of sp³-hybridized carbons (Fsp3) is 0.588. The lowest BCUT2D eigenvalue weighted by Crippen LogP contribution is -2.51. The summed E-state index contributed by atoms with van der Waals surface area (Å²) in [6.45, 7) is 3.68. The first kappa shape index (κ1) is 17.7. The number of carbonyl (C=O) groups excluding carboxylic acids is 1. The molecule has 0 radical (unpaired) electrons. The van der Waals surface area contributed by atoms with E-state index in [0.29, 0.717) is 25.4 Å². The summed E-state index contributed by atoms with van der Waals surface area (Å²) in [5, 5.41) is 10.8. The van der Waals surface area contributed by atoms with Gasteiger partial charge in [-0.3, -0.25) is 4.79 Å². The van der Waals surface area contributed by atoms with Crippen molar-refractivity contribution in [3.8, 4) is 5.75 Å². The molecule has 6 nitrogen and oxygen atoms in total. The molecule has 1 saturated heterocycles. The summed E-state index contributed by atoms with van der Waals surface area (Å²) in [6, 6.07) is 7.64. The highest BCUT2D eigenvalue weighted by Crippen LogP contribution is 2.17. The molecular formula is C17H26N2O4. The Labute approximate surface area is 137 Å². The third-order valence-corrected chi connectivity index (χ3v) is 3.69. The van der Waals surface area contributed by atoms with Crippen molar-refractivity contribution in [2.45, 2.75) is 12.5 Å². The second-order valence-electron chi connectivity index (χ2n) is 6.43. The van der Waals surface area contributed by atoms with Crippen LogP contribution in [0.1, 0.15) is 5.56 Å². The highest BCUT2D eigenvalue weighted by molar-refractivity contribution is 5.78. The minimum absolute atomic E-state index is 0.0192. The first-order valence-corrected chi connectivity index (χ1v) is 7.80. The van der Waals surface area contributed by atoms with E-state index in [1.165, 1.54) is 0 Å². The topological polar surface area (TPSA) is 62.2 Å². The fourth-order valence-corrected chi connectivity index (χ4v) is 2.44. The number of rotatable bonds is 5. The average Bonchev–Trinajstić information content (AvgIpc) is 2.69. The van der Waals surface area contributed by atoms with Gasteiger partial charge in [0.15, 0.2) is 0 Å². The molecule has 1 aliphatic rings. The van der Waals surface area contributed by atoms with Crippen LogP contribution in [0.25, 0.3) is 0 Å². The normalized spacial score (nSPS) is 22.0. The molecule has 1 aromatic rings. The molecule has 1 unspecified atom stereocenters. The maximum absolute atomic E-state index is 12.2. The van der Waals surface area contributed by atoms with Crippen LogP contribution < -0.4 is 4.74 Å². The Balaban J connectivity index is 1.97. The molecule has 0 spiro atoms. The second-order valence-corrected chi connectivity index (χ2v) is 6.43. The fourth-order valence-electron chi connectivity index (χ4n) is 2.44. The number of benzene rings is 1. The van der Waals surface area contributed by atoms with Crippen molar-refractivity contribution in [3.05, 3.63) is 29.8 Å². The second kappa shape index (κ2) is 7.77. The molecule has 2 rings (SSSR count). The number of β-amino-alcohol motifs (C(OH)–C–C–N with tert-alkyl or cyclic N) is 1. The molecule has 1 fully saturated rings. The van der Waals surface area contributed by atoms with Gasteiger partial charge in [0.25, 0.3) is 0 Å². The number of hydrogen-bond donors (Lipinski definition) is 1. The molecule has 1 atom stereocenters. The molecule has 128 valence electrons. The van der Waals surface area contributed by atoms with E-state index in [1.54, 1.807) is 4.90 Å². The van der Waals surface area contributed by atoms with Crippen molar-refractivity contribution in [1.82, 2.24) is 9.80 Å². The van der Waals surface area contributed by atoms with E-state index in [-0.39, 0.29) is 25.7 Å². The molecule has 1 amide bonds. The zero-order valence-corrected chi connectivity index (χ0v) is 14.1. The molecule has 23 heavy (non-hydrogen) atoms. The van der Waals surface area contributed by atoms with Crippen LogP contribution >= 0.6 is 0 Å². The predicted molar refractivity (Wildman–Crippen MR) is 87.6 cm³/mol. The molecule has 1 N–H and O–H groups in total. The molecular weight excluding hydrogens is 296 g/mol. The van der Waals surface area contributed by atoms with Crippen LogP contribution in [0.4, 0.5) is 0 Å². The molecule has 1 heterocycles. The average molecular weight is 322 g/mol. The van der Waals surface area contributed by atoms with E-state index in [2.05, 4.69) is 0 Å². The number of nitrogens with zero attached hydrogens (tertiary/aromatic N) is 2. The molecule has 0 aliphatic carbocycles. The van der Waals surface area contributed by atoms with Crippen molar-refractivity contribution in [1.29, 1.82) is 0 Å². The Morgan fingerprint density at radius 2 is 2.09 bits per heavy atom. The van der Waals surface area contributed by atoms with Gasteiger partial charge in [-0.1, -0.05) is 17.7 Å². The zero-order chi connectivity index (χ0) is 16.9. The van der Waals surface area contributed by atoms with Crippen molar-refractivity contribution in [2.24, 2.45) is 0 Å². The smallest absolute Gasteiger partial charge is 0.236 e. The summed E-state index contributed by atoms with van der Waals surface area (Å²) >= 11 is 0. The van der Waals surface area contributed by atoms with Gasteiger partial charge in [0, 0.05) is 6.54 Å². The summed E-state index contributed by atoms with van der Waals surface area (Å²) in [6.07, 6.45) is 0. The van der Waals surface area contributed by atoms with Crippen molar-refractivity contribution >= 4 is 5.91 Å². The SMILES string of the molecule is Cc1ccc(OCC2(O)COCCN(C(=O)CN(C)C)C2)cc1. The monoisotopic (exact) mass is 322 g/mol. The number of likely N-dealkylation sites (N-methyl/N-ethyl adjacent to an activating group) is 1. The molecule has 0 saturated carbocycles. The van der Waals surface area contributed by atoms with Crippen LogP contribution in [-0.4, -0.2) is 80.0 Å². The number of amides is 1. The van der Waals surface area contributed by atoms with Gasteiger partial charge in [0.05, 0.1) is 26.3 Å². The highest BCUT2D eigenvalue weighted by Gasteiger charge is 2.35. The van der Waals surface area contributed by atoms with E-state index in [9.17, 15) is 9.90 Å². The lowest BCUT2D eigenvalue weighted by Gasteiger charge is -2.31. The molecule has 0 aromatic heterocycles. The maximum Gasteiger partial charge on any atom is 0.236 e. The van der Waals surface area contributed by atoms with Gasteiger partial charge in [-0.05, 0) is 33.2 Å². The van der Waals surface area contributed by atoms with E-state index in [0.717, 1.165) is 5.56 Å². The quantitative estimate of drug-likeness (QED) is 0.857. The minimum Gasteiger partial charge on any atom is -0.490 e. The Morgan fingerprint density at radius 1 is 1.39 bits per heavy atom. The zero-order valence-electron chi connectivity index (χ0n) is 14.1. The number of aliphatic hydroxyl groups is 1. The summed E-state index contributed by atoms with van der Waals surface area (Å²) in [5.41, 5.74) is -0.0575. The summed E-state index contributed by atoms with van der Waals surface area (Å²) in [7, 11) is 3.69. The van der Waals surface area contributed by atoms with Crippen LogP contribution in [-0.2, 0) is 9.53 Å². The Morgan fingerprint density at radius 3 is 2.74 bits per heavy atom. The molecule has 1 aliphatic heterocycles. The van der Waals surface area contributed by atoms with Gasteiger partial charge in [0.1, 0.15) is 18.0 Å². The first-order chi connectivity index (χ1) is 10.9. The Bertz CT molecular complexity index is 518. The minimum atomic E-state index is -1.21. The van der Waals surface area contributed by atoms with Crippen LogP contribution in [0.15, 0.2) is 24.3 Å². The van der Waals surface area contributed by atoms with Gasteiger partial charge in [-0.2, -0.15) is 0 Å². The highest BCUT2D eigenvalue weighted by atomic mass is 16.5. The van der Waals surface area contributed by atoms with E-state index in [4.69, 9.17) is 9.47 Å². The van der Waals surface area contributed by atoms with Crippen molar-refractivity contribution < 1.29 is 19.4 Å². The van der Waals surface area contributed by atoms with Gasteiger partial charge >= 0.3 is 0 Å². The third kappa shape index (κ3) is 5.49. The number of hydrogen-bond acceptors (Lipinski definition) is 5. The van der Waals surface area contributed by atoms with Gasteiger partial charge in [0.2, 0.25) is 5.91 Å². The molecule has 6 heteroatoms. The van der Waals surface area contributed by atoms with Crippen LogP contribution in [0.5, 0.6) is 5.75 Å².